The zero-order valence-corrected chi connectivity index (χ0v) is 17.1. The largest absolute Gasteiger partial charge is 0.493 e. The van der Waals surface area contributed by atoms with E-state index in [1.807, 2.05) is 19.9 Å². The Kier molecular flexibility index (Phi) is 7.79. The lowest BCUT2D eigenvalue weighted by atomic mass is 10.1. The van der Waals surface area contributed by atoms with E-state index in [0.29, 0.717) is 6.04 Å². The molecule has 0 amide bonds. The molecule has 0 bridgehead atoms. The lowest BCUT2D eigenvalue weighted by molar-refractivity contribution is 0.227. The zero-order chi connectivity index (χ0) is 18.2. The SMILES string of the molecule is COc1cc(Br)cc(CNC(C)CCc2ccccc2)c1OC(C)C. The molecule has 1 unspecified atom stereocenters. The highest BCUT2D eigenvalue weighted by Gasteiger charge is 2.15. The number of hydrogen-bond acceptors (Lipinski definition) is 3. The number of benzene rings is 2. The highest BCUT2D eigenvalue weighted by molar-refractivity contribution is 9.10. The minimum Gasteiger partial charge on any atom is -0.493 e. The minimum atomic E-state index is 0.101. The summed E-state index contributed by atoms with van der Waals surface area (Å²) >= 11 is 3.56. The van der Waals surface area contributed by atoms with Crippen LogP contribution in [-0.4, -0.2) is 19.3 Å². The molecule has 136 valence electrons. The molecule has 3 nitrogen and oxygen atoms in total. The summed E-state index contributed by atoms with van der Waals surface area (Å²) in [5, 5.41) is 3.60. The van der Waals surface area contributed by atoms with E-state index in [1.165, 1.54) is 5.56 Å². The third kappa shape index (κ3) is 6.37. The second-order valence-corrected chi connectivity index (χ2v) is 7.48. The van der Waals surface area contributed by atoms with Gasteiger partial charge in [0.15, 0.2) is 11.5 Å². The topological polar surface area (TPSA) is 30.5 Å². The summed E-state index contributed by atoms with van der Waals surface area (Å²) in [6.45, 7) is 7.03. The van der Waals surface area contributed by atoms with E-state index in [0.717, 1.165) is 40.9 Å². The average molecular weight is 406 g/mol. The van der Waals surface area contributed by atoms with E-state index < -0.39 is 0 Å². The van der Waals surface area contributed by atoms with Crippen LogP contribution in [0, 0.1) is 0 Å². The molecule has 2 aromatic rings. The number of methoxy groups -OCH3 is 1. The molecule has 0 aliphatic heterocycles. The van der Waals surface area contributed by atoms with E-state index in [4.69, 9.17) is 9.47 Å². The van der Waals surface area contributed by atoms with Crippen molar-refractivity contribution in [2.45, 2.75) is 52.3 Å². The molecule has 0 aliphatic carbocycles. The van der Waals surface area contributed by atoms with Crippen molar-refractivity contribution < 1.29 is 9.47 Å². The van der Waals surface area contributed by atoms with E-state index >= 15 is 0 Å². The van der Waals surface area contributed by atoms with Crippen molar-refractivity contribution in [2.75, 3.05) is 7.11 Å². The first kappa shape index (κ1) is 19.8. The van der Waals surface area contributed by atoms with Crippen molar-refractivity contribution in [1.82, 2.24) is 5.32 Å². The maximum Gasteiger partial charge on any atom is 0.166 e. The average Bonchev–Trinajstić information content (AvgIpc) is 2.60. The van der Waals surface area contributed by atoms with Crippen LogP contribution in [0.2, 0.25) is 0 Å². The number of ether oxygens (including phenoxy) is 2. The quantitative estimate of drug-likeness (QED) is 0.609. The Bertz CT molecular complexity index is 658. The molecule has 0 fully saturated rings. The fourth-order valence-electron chi connectivity index (χ4n) is 2.69. The molecule has 1 atom stereocenters. The molecular weight excluding hydrogens is 378 g/mol. The van der Waals surface area contributed by atoms with Gasteiger partial charge in [-0.05, 0) is 51.3 Å². The fraction of sp³-hybridized carbons (Fsp3) is 0.429. The Morgan fingerprint density at radius 1 is 1.08 bits per heavy atom. The summed E-state index contributed by atoms with van der Waals surface area (Å²) in [5.74, 6) is 1.58. The van der Waals surface area contributed by atoms with Gasteiger partial charge in [0.1, 0.15) is 0 Å². The standard InChI is InChI=1S/C21H28BrNO2/c1-15(2)25-21-18(12-19(22)13-20(21)24-4)14-23-16(3)10-11-17-8-6-5-7-9-17/h5-9,12-13,15-16,23H,10-11,14H2,1-4H3. The Hall–Kier alpha value is -1.52. The Balaban J connectivity index is 1.99. The first-order valence-corrected chi connectivity index (χ1v) is 9.59. The molecular formula is C21H28BrNO2. The van der Waals surface area contributed by atoms with Crippen LogP contribution in [0.15, 0.2) is 46.9 Å². The van der Waals surface area contributed by atoms with Gasteiger partial charge in [-0.25, -0.2) is 0 Å². The van der Waals surface area contributed by atoms with Crippen LogP contribution in [0.25, 0.3) is 0 Å². The highest BCUT2D eigenvalue weighted by Crippen LogP contribution is 2.35. The van der Waals surface area contributed by atoms with Gasteiger partial charge in [0.2, 0.25) is 0 Å². The molecule has 2 aromatic carbocycles. The van der Waals surface area contributed by atoms with E-state index in [-0.39, 0.29) is 6.10 Å². The van der Waals surface area contributed by atoms with Gasteiger partial charge in [-0.1, -0.05) is 46.3 Å². The van der Waals surface area contributed by atoms with Gasteiger partial charge in [0.25, 0.3) is 0 Å². The maximum absolute atomic E-state index is 6.00. The van der Waals surface area contributed by atoms with Crippen LogP contribution in [-0.2, 0) is 13.0 Å². The monoisotopic (exact) mass is 405 g/mol. The molecule has 0 heterocycles. The third-order valence-electron chi connectivity index (χ3n) is 4.02. The van der Waals surface area contributed by atoms with Gasteiger partial charge in [-0.2, -0.15) is 0 Å². The smallest absolute Gasteiger partial charge is 0.166 e. The van der Waals surface area contributed by atoms with Crippen molar-refractivity contribution in [3.63, 3.8) is 0 Å². The minimum absolute atomic E-state index is 0.101. The fourth-order valence-corrected chi connectivity index (χ4v) is 3.17. The Morgan fingerprint density at radius 2 is 1.80 bits per heavy atom. The van der Waals surface area contributed by atoms with Gasteiger partial charge in [-0.15, -0.1) is 0 Å². The van der Waals surface area contributed by atoms with Crippen LogP contribution >= 0.6 is 15.9 Å². The summed E-state index contributed by atoms with van der Waals surface area (Å²) < 4.78 is 12.5. The second-order valence-electron chi connectivity index (χ2n) is 6.57. The van der Waals surface area contributed by atoms with E-state index in [1.54, 1.807) is 7.11 Å². The highest BCUT2D eigenvalue weighted by atomic mass is 79.9. The lowest BCUT2D eigenvalue weighted by Gasteiger charge is -2.20. The van der Waals surface area contributed by atoms with Crippen molar-refractivity contribution in [2.24, 2.45) is 0 Å². The molecule has 25 heavy (non-hydrogen) atoms. The number of halogens is 1. The van der Waals surface area contributed by atoms with Gasteiger partial charge >= 0.3 is 0 Å². The molecule has 2 rings (SSSR count). The number of hydrogen-bond donors (Lipinski definition) is 1. The normalized spacial score (nSPS) is 12.2. The Morgan fingerprint density at radius 3 is 2.44 bits per heavy atom. The molecule has 1 N–H and O–H groups in total. The molecule has 0 aliphatic rings. The van der Waals surface area contributed by atoms with E-state index in [9.17, 15) is 0 Å². The van der Waals surface area contributed by atoms with Crippen LogP contribution < -0.4 is 14.8 Å². The first-order chi connectivity index (χ1) is 12.0. The zero-order valence-electron chi connectivity index (χ0n) is 15.5. The van der Waals surface area contributed by atoms with Crippen LogP contribution in [0.3, 0.4) is 0 Å². The van der Waals surface area contributed by atoms with Crippen molar-refractivity contribution in [3.05, 3.63) is 58.1 Å². The summed E-state index contributed by atoms with van der Waals surface area (Å²) in [5.41, 5.74) is 2.48. The van der Waals surface area contributed by atoms with Gasteiger partial charge in [0, 0.05) is 22.6 Å². The molecule has 0 aromatic heterocycles. The predicted octanol–water partition coefficient (Wildman–Crippen LogP) is 5.36. The van der Waals surface area contributed by atoms with Gasteiger partial charge in [-0.3, -0.25) is 0 Å². The number of rotatable bonds is 9. The van der Waals surface area contributed by atoms with E-state index in [2.05, 4.69) is 64.6 Å². The first-order valence-electron chi connectivity index (χ1n) is 8.80. The van der Waals surface area contributed by atoms with Crippen LogP contribution in [0.5, 0.6) is 11.5 Å². The van der Waals surface area contributed by atoms with Gasteiger partial charge < -0.3 is 14.8 Å². The lowest BCUT2D eigenvalue weighted by Crippen LogP contribution is -2.26. The maximum atomic E-state index is 6.00. The van der Waals surface area contributed by atoms with Gasteiger partial charge in [0.05, 0.1) is 13.2 Å². The molecule has 0 spiro atoms. The molecule has 0 radical (unpaired) electrons. The van der Waals surface area contributed by atoms with Crippen LogP contribution in [0.4, 0.5) is 0 Å². The molecule has 4 heteroatoms. The second kappa shape index (κ2) is 9.83. The van der Waals surface area contributed by atoms with Crippen molar-refractivity contribution in [1.29, 1.82) is 0 Å². The molecule has 0 saturated carbocycles. The summed E-state index contributed by atoms with van der Waals surface area (Å²) in [6.07, 6.45) is 2.27. The summed E-state index contributed by atoms with van der Waals surface area (Å²) in [6, 6.07) is 15.1. The van der Waals surface area contributed by atoms with Crippen molar-refractivity contribution in [3.8, 4) is 11.5 Å². The number of nitrogens with one attached hydrogen (secondary N) is 1. The third-order valence-corrected chi connectivity index (χ3v) is 4.48. The van der Waals surface area contributed by atoms with Crippen molar-refractivity contribution >= 4 is 15.9 Å². The molecule has 0 saturated heterocycles. The number of aryl methyl sites for hydroxylation is 1. The predicted molar refractivity (Wildman–Crippen MR) is 108 cm³/mol. The Labute approximate surface area is 159 Å². The van der Waals surface area contributed by atoms with Crippen LogP contribution in [0.1, 0.15) is 38.3 Å². The summed E-state index contributed by atoms with van der Waals surface area (Å²) in [4.78, 5) is 0. The summed E-state index contributed by atoms with van der Waals surface area (Å²) in [7, 11) is 1.68.